The first-order chi connectivity index (χ1) is 10.8. The Morgan fingerprint density at radius 2 is 1.52 bits per heavy atom. The summed E-state index contributed by atoms with van der Waals surface area (Å²) in [4.78, 5) is 0. The van der Waals surface area contributed by atoms with Crippen LogP contribution in [0.4, 0.5) is 0 Å². The SMILES string of the molecule is CCCS(=O)(=O)N1CCN(S(=O)(=O)/C=C/c2ccccc2)CC1. The zero-order chi connectivity index (χ0) is 16.9. The number of sulfonamides is 2. The molecular weight excluding hydrogens is 336 g/mol. The summed E-state index contributed by atoms with van der Waals surface area (Å²) in [5, 5.41) is 1.18. The Bertz CT molecular complexity index is 735. The average molecular weight is 358 g/mol. The summed E-state index contributed by atoms with van der Waals surface area (Å²) in [6.45, 7) is 2.60. The summed E-state index contributed by atoms with van der Waals surface area (Å²) in [6.07, 6.45) is 2.11. The van der Waals surface area contributed by atoms with Crippen LogP contribution in [0.15, 0.2) is 35.7 Å². The molecule has 1 aliphatic rings. The second-order valence-electron chi connectivity index (χ2n) is 5.37. The maximum atomic E-state index is 12.3. The molecule has 1 aromatic rings. The predicted molar refractivity (Wildman–Crippen MR) is 91.6 cm³/mol. The fraction of sp³-hybridized carbons (Fsp3) is 0.467. The van der Waals surface area contributed by atoms with Gasteiger partial charge < -0.3 is 0 Å². The van der Waals surface area contributed by atoms with E-state index in [9.17, 15) is 16.8 Å². The van der Waals surface area contributed by atoms with Gasteiger partial charge in [-0.3, -0.25) is 0 Å². The first-order valence-electron chi connectivity index (χ1n) is 7.56. The van der Waals surface area contributed by atoms with E-state index in [0.717, 1.165) is 5.56 Å². The Balaban J connectivity index is 2.00. The Kier molecular flexibility index (Phi) is 5.96. The molecule has 0 radical (unpaired) electrons. The van der Waals surface area contributed by atoms with Gasteiger partial charge >= 0.3 is 0 Å². The largest absolute Gasteiger partial charge is 0.236 e. The lowest BCUT2D eigenvalue weighted by molar-refractivity contribution is 0.275. The van der Waals surface area contributed by atoms with Crippen molar-refractivity contribution in [3.63, 3.8) is 0 Å². The van der Waals surface area contributed by atoms with Gasteiger partial charge in [-0.05, 0) is 18.1 Å². The van der Waals surface area contributed by atoms with Crippen LogP contribution in [0, 0.1) is 0 Å². The maximum Gasteiger partial charge on any atom is 0.236 e. The minimum absolute atomic E-state index is 0.105. The molecule has 8 heteroatoms. The average Bonchev–Trinajstić information content (AvgIpc) is 2.54. The lowest BCUT2D eigenvalue weighted by Crippen LogP contribution is -2.50. The standard InChI is InChI=1S/C15H22N2O4S2/c1-2-13-22(18,19)16-9-11-17(12-10-16)23(20,21)14-8-15-6-4-3-5-7-15/h3-8,14H,2,9-13H2,1H3/b14-8+. The van der Waals surface area contributed by atoms with E-state index in [0.29, 0.717) is 6.42 Å². The minimum Gasteiger partial charge on any atom is -0.212 e. The van der Waals surface area contributed by atoms with Crippen LogP contribution < -0.4 is 0 Å². The highest BCUT2D eigenvalue weighted by Gasteiger charge is 2.30. The quantitative estimate of drug-likeness (QED) is 0.769. The normalized spacial score (nSPS) is 18.5. The molecular formula is C15H22N2O4S2. The third-order valence-electron chi connectivity index (χ3n) is 3.64. The first kappa shape index (κ1) is 18.1. The molecule has 1 heterocycles. The van der Waals surface area contributed by atoms with Gasteiger partial charge in [0.2, 0.25) is 20.0 Å². The molecule has 6 nitrogen and oxygen atoms in total. The van der Waals surface area contributed by atoms with E-state index < -0.39 is 20.0 Å². The second kappa shape index (κ2) is 7.57. The van der Waals surface area contributed by atoms with Crippen molar-refractivity contribution < 1.29 is 16.8 Å². The number of nitrogens with zero attached hydrogens (tertiary/aromatic N) is 2. The van der Waals surface area contributed by atoms with Crippen molar-refractivity contribution in [1.29, 1.82) is 0 Å². The summed E-state index contributed by atoms with van der Waals surface area (Å²) >= 11 is 0. The van der Waals surface area contributed by atoms with Crippen LogP contribution in [0.3, 0.4) is 0 Å². The van der Waals surface area contributed by atoms with Gasteiger partial charge in [-0.2, -0.15) is 8.61 Å². The Hall–Kier alpha value is -1.22. The fourth-order valence-corrected chi connectivity index (χ4v) is 5.07. The van der Waals surface area contributed by atoms with Crippen molar-refractivity contribution in [3.05, 3.63) is 41.3 Å². The van der Waals surface area contributed by atoms with Gasteiger partial charge in [0.1, 0.15) is 0 Å². The van der Waals surface area contributed by atoms with Crippen molar-refractivity contribution in [2.45, 2.75) is 13.3 Å². The van der Waals surface area contributed by atoms with Gasteiger partial charge in [0.05, 0.1) is 5.75 Å². The molecule has 1 fully saturated rings. The van der Waals surface area contributed by atoms with E-state index in [1.165, 1.54) is 14.0 Å². The van der Waals surface area contributed by atoms with Gasteiger partial charge in [0.15, 0.2) is 0 Å². The van der Waals surface area contributed by atoms with Crippen molar-refractivity contribution in [2.24, 2.45) is 0 Å². The van der Waals surface area contributed by atoms with E-state index in [1.54, 1.807) is 6.08 Å². The molecule has 23 heavy (non-hydrogen) atoms. The molecule has 128 valence electrons. The van der Waals surface area contributed by atoms with Gasteiger partial charge in [-0.15, -0.1) is 0 Å². The van der Waals surface area contributed by atoms with Gasteiger partial charge in [0, 0.05) is 31.6 Å². The molecule has 0 spiro atoms. The van der Waals surface area contributed by atoms with Gasteiger partial charge in [-0.1, -0.05) is 37.3 Å². The molecule has 2 rings (SSSR count). The molecule has 1 saturated heterocycles. The van der Waals surface area contributed by atoms with Crippen LogP contribution in [-0.4, -0.2) is 57.4 Å². The zero-order valence-electron chi connectivity index (χ0n) is 13.1. The number of piperazine rings is 1. The minimum atomic E-state index is -3.53. The molecule has 0 aliphatic carbocycles. The molecule has 0 bridgehead atoms. The highest BCUT2D eigenvalue weighted by Crippen LogP contribution is 2.14. The second-order valence-corrected chi connectivity index (χ2v) is 9.28. The molecule has 1 aliphatic heterocycles. The smallest absolute Gasteiger partial charge is 0.212 e. The van der Waals surface area contributed by atoms with Crippen LogP contribution in [0.1, 0.15) is 18.9 Å². The monoisotopic (exact) mass is 358 g/mol. The van der Waals surface area contributed by atoms with E-state index in [4.69, 9.17) is 0 Å². The summed E-state index contributed by atoms with van der Waals surface area (Å²) in [7, 11) is -6.80. The summed E-state index contributed by atoms with van der Waals surface area (Å²) in [5.41, 5.74) is 0.806. The van der Waals surface area contributed by atoms with Crippen molar-refractivity contribution in [1.82, 2.24) is 8.61 Å². The van der Waals surface area contributed by atoms with Crippen molar-refractivity contribution in [2.75, 3.05) is 31.9 Å². The molecule has 1 aromatic carbocycles. The van der Waals surface area contributed by atoms with Gasteiger partial charge in [-0.25, -0.2) is 16.8 Å². The zero-order valence-corrected chi connectivity index (χ0v) is 14.8. The lowest BCUT2D eigenvalue weighted by Gasteiger charge is -2.32. The summed E-state index contributed by atoms with van der Waals surface area (Å²) in [5.74, 6) is 0.105. The van der Waals surface area contributed by atoms with Gasteiger partial charge in [0.25, 0.3) is 0 Å². The van der Waals surface area contributed by atoms with E-state index in [2.05, 4.69) is 0 Å². The van der Waals surface area contributed by atoms with Crippen LogP contribution in [0.25, 0.3) is 6.08 Å². The molecule has 0 saturated carbocycles. The lowest BCUT2D eigenvalue weighted by atomic mass is 10.2. The molecule has 0 atom stereocenters. The fourth-order valence-electron chi connectivity index (χ4n) is 2.40. The van der Waals surface area contributed by atoms with Crippen LogP contribution in [-0.2, 0) is 20.0 Å². The molecule has 0 unspecified atom stereocenters. The Morgan fingerprint density at radius 3 is 2.09 bits per heavy atom. The number of benzene rings is 1. The van der Waals surface area contributed by atoms with E-state index in [-0.39, 0.29) is 31.9 Å². The van der Waals surface area contributed by atoms with E-state index in [1.807, 2.05) is 37.3 Å². The first-order valence-corrected chi connectivity index (χ1v) is 10.7. The number of hydrogen-bond donors (Lipinski definition) is 0. The molecule has 0 amide bonds. The highest BCUT2D eigenvalue weighted by molar-refractivity contribution is 7.92. The topological polar surface area (TPSA) is 74.8 Å². The Morgan fingerprint density at radius 1 is 0.957 bits per heavy atom. The third kappa shape index (κ3) is 4.87. The predicted octanol–water partition coefficient (Wildman–Crippen LogP) is 1.34. The highest BCUT2D eigenvalue weighted by atomic mass is 32.2. The third-order valence-corrected chi connectivity index (χ3v) is 7.29. The van der Waals surface area contributed by atoms with Crippen molar-refractivity contribution in [3.8, 4) is 0 Å². The summed E-state index contributed by atoms with van der Waals surface area (Å²) < 4.78 is 51.3. The van der Waals surface area contributed by atoms with Crippen LogP contribution in [0.5, 0.6) is 0 Å². The number of hydrogen-bond acceptors (Lipinski definition) is 4. The van der Waals surface area contributed by atoms with Crippen LogP contribution in [0.2, 0.25) is 0 Å². The van der Waals surface area contributed by atoms with Crippen molar-refractivity contribution >= 4 is 26.1 Å². The molecule has 0 aromatic heterocycles. The molecule has 0 N–H and O–H groups in total. The number of rotatable bonds is 6. The van der Waals surface area contributed by atoms with Crippen LogP contribution >= 0.6 is 0 Å². The maximum absolute atomic E-state index is 12.3. The Labute approximate surface area is 138 Å². The van der Waals surface area contributed by atoms with E-state index >= 15 is 0 Å². The summed E-state index contributed by atoms with van der Waals surface area (Å²) in [6, 6.07) is 9.18.